The maximum Gasteiger partial charge on any atom is 0.225 e. The highest BCUT2D eigenvalue weighted by Gasteiger charge is 2.08. The van der Waals surface area contributed by atoms with Gasteiger partial charge in [-0.05, 0) is 30.0 Å². The first-order chi connectivity index (χ1) is 11.2. The molecule has 0 aliphatic heterocycles. The average molecular weight is 327 g/mol. The molecular formula is C16H17N5OS. The number of rotatable bonds is 6. The van der Waals surface area contributed by atoms with Crippen LogP contribution in [0.2, 0.25) is 0 Å². The Balaban J connectivity index is 1.52. The standard InChI is InChI=1S/C16H17N5OS/c1-12-4-2-6-18-16(12)14-11-21(20-19-14)8-7-17-15(22)10-13-5-3-9-23-13/h2-6,9,11H,7-8,10H2,1H3,(H,17,22). The summed E-state index contributed by atoms with van der Waals surface area (Å²) in [5.74, 6) is 0.0216. The lowest BCUT2D eigenvalue weighted by molar-refractivity contribution is -0.120. The molecule has 0 aliphatic carbocycles. The molecule has 0 spiro atoms. The maximum atomic E-state index is 11.8. The van der Waals surface area contributed by atoms with Crippen molar-refractivity contribution in [2.45, 2.75) is 19.9 Å². The molecule has 3 aromatic rings. The van der Waals surface area contributed by atoms with Crippen LogP contribution in [0, 0.1) is 6.92 Å². The van der Waals surface area contributed by atoms with Gasteiger partial charge in [-0.3, -0.25) is 14.5 Å². The summed E-state index contributed by atoms with van der Waals surface area (Å²) in [6.07, 6.45) is 4.01. The number of pyridine rings is 1. The minimum Gasteiger partial charge on any atom is -0.354 e. The minimum atomic E-state index is 0.0216. The summed E-state index contributed by atoms with van der Waals surface area (Å²) < 4.78 is 1.72. The second-order valence-corrected chi connectivity index (χ2v) is 6.17. The maximum absolute atomic E-state index is 11.8. The quantitative estimate of drug-likeness (QED) is 0.752. The Kier molecular flexibility index (Phi) is 4.77. The van der Waals surface area contributed by atoms with Gasteiger partial charge in [0.15, 0.2) is 0 Å². The van der Waals surface area contributed by atoms with Crippen LogP contribution in [0.15, 0.2) is 42.0 Å². The molecule has 1 N–H and O–H groups in total. The van der Waals surface area contributed by atoms with Crippen molar-refractivity contribution < 1.29 is 4.79 Å². The Morgan fingerprint density at radius 2 is 2.26 bits per heavy atom. The molecular weight excluding hydrogens is 310 g/mol. The van der Waals surface area contributed by atoms with Crippen LogP contribution < -0.4 is 5.32 Å². The molecule has 3 heterocycles. The Bertz CT molecular complexity index is 781. The molecule has 0 aliphatic rings. The third-order valence-corrected chi connectivity index (χ3v) is 4.25. The second kappa shape index (κ2) is 7.15. The van der Waals surface area contributed by atoms with E-state index >= 15 is 0 Å². The summed E-state index contributed by atoms with van der Waals surface area (Å²) >= 11 is 1.59. The van der Waals surface area contributed by atoms with Gasteiger partial charge in [0, 0.05) is 17.6 Å². The fraction of sp³-hybridized carbons (Fsp3) is 0.250. The van der Waals surface area contributed by atoms with E-state index in [0.29, 0.717) is 19.5 Å². The summed E-state index contributed by atoms with van der Waals surface area (Å²) in [5, 5.41) is 13.1. The molecule has 7 heteroatoms. The van der Waals surface area contributed by atoms with E-state index in [0.717, 1.165) is 21.8 Å². The van der Waals surface area contributed by atoms with E-state index in [9.17, 15) is 4.79 Å². The molecule has 6 nitrogen and oxygen atoms in total. The van der Waals surface area contributed by atoms with Gasteiger partial charge in [-0.25, -0.2) is 0 Å². The van der Waals surface area contributed by atoms with Gasteiger partial charge in [-0.15, -0.1) is 16.4 Å². The summed E-state index contributed by atoms with van der Waals surface area (Å²) in [7, 11) is 0. The van der Waals surface area contributed by atoms with E-state index in [2.05, 4.69) is 20.6 Å². The van der Waals surface area contributed by atoms with Gasteiger partial charge in [0.1, 0.15) is 5.69 Å². The van der Waals surface area contributed by atoms with E-state index < -0.39 is 0 Å². The summed E-state index contributed by atoms with van der Waals surface area (Å²) in [4.78, 5) is 17.2. The number of thiophene rings is 1. The lowest BCUT2D eigenvalue weighted by atomic mass is 10.2. The van der Waals surface area contributed by atoms with Crippen molar-refractivity contribution >= 4 is 17.2 Å². The van der Waals surface area contributed by atoms with Gasteiger partial charge in [-0.1, -0.05) is 17.3 Å². The van der Waals surface area contributed by atoms with Crippen molar-refractivity contribution in [2.75, 3.05) is 6.54 Å². The third-order valence-electron chi connectivity index (χ3n) is 3.37. The number of amides is 1. The monoisotopic (exact) mass is 327 g/mol. The van der Waals surface area contributed by atoms with Crippen LogP contribution in [0.5, 0.6) is 0 Å². The molecule has 0 bridgehead atoms. The first-order valence-corrected chi connectivity index (χ1v) is 8.21. The van der Waals surface area contributed by atoms with Crippen molar-refractivity contribution in [3.8, 4) is 11.4 Å². The number of nitrogens with one attached hydrogen (secondary N) is 1. The van der Waals surface area contributed by atoms with Gasteiger partial charge >= 0.3 is 0 Å². The minimum absolute atomic E-state index is 0.0216. The lowest BCUT2D eigenvalue weighted by Gasteiger charge is -2.04. The van der Waals surface area contributed by atoms with E-state index in [1.807, 2.05) is 42.8 Å². The van der Waals surface area contributed by atoms with E-state index in [4.69, 9.17) is 0 Å². The van der Waals surface area contributed by atoms with Crippen molar-refractivity contribution in [3.63, 3.8) is 0 Å². The molecule has 0 aromatic carbocycles. The highest BCUT2D eigenvalue weighted by atomic mass is 32.1. The predicted octanol–water partition coefficient (Wildman–Crippen LogP) is 2.07. The smallest absolute Gasteiger partial charge is 0.225 e. The summed E-state index contributed by atoms with van der Waals surface area (Å²) in [5.41, 5.74) is 2.64. The van der Waals surface area contributed by atoms with Crippen LogP contribution in [0.4, 0.5) is 0 Å². The molecule has 0 saturated carbocycles. The van der Waals surface area contributed by atoms with Gasteiger partial charge in [0.05, 0.1) is 24.9 Å². The molecule has 0 unspecified atom stereocenters. The van der Waals surface area contributed by atoms with Crippen LogP contribution >= 0.6 is 11.3 Å². The van der Waals surface area contributed by atoms with Crippen molar-refractivity contribution in [3.05, 3.63) is 52.5 Å². The zero-order valence-electron chi connectivity index (χ0n) is 12.8. The molecule has 0 atom stereocenters. The average Bonchev–Trinajstić information content (AvgIpc) is 3.20. The molecule has 0 radical (unpaired) electrons. The molecule has 118 valence electrons. The fourth-order valence-corrected chi connectivity index (χ4v) is 2.92. The molecule has 0 fully saturated rings. The van der Waals surface area contributed by atoms with Gasteiger partial charge in [-0.2, -0.15) is 0 Å². The first kappa shape index (κ1) is 15.4. The second-order valence-electron chi connectivity index (χ2n) is 5.14. The summed E-state index contributed by atoms with van der Waals surface area (Å²) in [6, 6.07) is 7.80. The predicted molar refractivity (Wildman–Crippen MR) is 89.0 cm³/mol. The zero-order chi connectivity index (χ0) is 16.1. The SMILES string of the molecule is Cc1cccnc1-c1cn(CCNC(=O)Cc2cccs2)nn1. The van der Waals surface area contributed by atoms with Crippen LogP contribution in [0.3, 0.4) is 0 Å². The fourth-order valence-electron chi connectivity index (χ4n) is 2.21. The number of carbonyl (C=O) groups is 1. The number of hydrogen-bond donors (Lipinski definition) is 1. The largest absolute Gasteiger partial charge is 0.354 e. The number of aromatic nitrogens is 4. The first-order valence-electron chi connectivity index (χ1n) is 7.33. The molecule has 1 amide bonds. The van der Waals surface area contributed by atoms with E-state index in [-0.39, 0.29) is 5.91 Å². The topological polar surface area (TPSA) is 72.7 Å². The van der Waals surface area contributed by atoms with Gasteiger partial charge in [0.2, 0.25) is 5.91 Å². The Morgan fingerprint density at radius 1 is 1.35 bits per heavy atom. The van der Waals surface area contributed by atoms with Crippen LogP contribution in [-0.2, 0) is 17.8 Å². The van der Waals surface area contributed by atoms with Crippen LogP contribution in [0.1, 0.15) is 10.4 Å². The third kappa shape index (κ3) is 4.01. The number of aryl methyl sites for hydroxylation is 1. The van der Waals surface area contributed by atoms with Crippen molar-refractivity contribution in [1.29, 1.82) is 0 Å². The normalized spacial score (nSPS) is 10.7. The van der Waals surface area contributed by atoms with E-state index in [1.54, 1.807) is 22.2 Å². The van der Waals surface area contributed by atoms with Crippen LogP contribution in [-0.4, -0.2) is 32.4 Å². The number of carbonyl (C=O) groups excluding carboxylic acids is 1. The molecule has 3 rings (SSSR count). The summed E-state index contributed by atoms with van der Waals surface area (Å²) in [6.45, 7) is 3.09. The lowest BCUT2D eigenvalue weighted by Crippen LogP contribution is -2.28. The van der Waals surface area contributed by atoms with Crippen LogP contribution in [0.25, 0.3) is 11.4 Å². The Hall–Kier alpha value is -2.54. The molecule has 23 heavy (non-hydrogen) atoms. The molecule has 0 saturated heterocycles. The van der Waals surface area contributed by atoms with Gasteiger partial charge in [0.25, 0.3) is 0 Å². The van der Waals surface area contributed by atoms with Crippen molar-refractivity contribution in [1.82, 2.24) is 25.3 Å². The number of hydrogen-bond acceptors (Lipinski definition) is 5. The highest BCUT2D eigenvalue weighted by molar-refractivity contribution is 7.10. The Labute approximate surface area is 138 Å². The van der Waals surface area contributed by atoms with E-state index in [1.165, 1.54) is 0 Å². The highest BCUT2D eigenvalue weighted by Crippen LogP contribution is 2.16. The molecule has 3 aromatic heterocycles. The van der Waals surface area contributed by atoms with Gasteiger partial charge < -0.3 is 5.32 Å². The number of nitrogens with zero attached hydrogens (tertiary/aromatic N) is 4. The Morgan fingerprint density at radius 3 is 3.04 bits per heavy atom. The zero-order valence-corrected chi connectivity index (χ0v) is 13.6. The van der Waals surface area contributed by atoms with Crippen molar-refractivity contribution in [2.24, 2.45) is 0 Å².